The van der Waals surface area contributed by atoms with Crippen molar-refractivity contribution in [2.75, 3.05) is 13.1 Å². The Hall–Kier alpha value is -2.15. The van der Waals surface area contributed by atoms with E-state index in [1.165, 1.54) is 16.8 Å². The van der Waals surface area contributed by atoms with Crippen LogP contribution >= 0.6 is 11.6 Å². The number of halogens is 2. The van der Waals surface area contributed by atoms with E-state index >= 15 is 0 Å². The van der Waals surface area contributed by atoms with Gasteiger partial charge < -0.3 is 4.90 Å². The van der Waals surface area contributed by atoms with Gasteiger partial charge in [0.25, 0.3) is 5.91 Å². The number of aryl methyl sites for hydroxylation is 1. The molecule has 0 unspecified atom stereocenters. The normalized spacial score (nSPS) is 18.3. The molecule has 26 heavy (non-hydrogen) atoms. The van der Waals surface area contributed by atoms with E-state index in [4.69, 9.17) is 11.6 Å². The number of carbonyl (C=O) groups excluding carboxylic acids is 1. The van der Waals surface area contributed by atoms with Gasteiger partial charge in [0.1, 0.15) is 11.6 Å². The molecule has 0 N–H and O–H groups in total. The highest BCUT2D eigenvalue weighted by molar-refractivity contribution is 6.33. The monoisotopic (exact) mass is 378 g/mol. The molecule has 1 aliphatic heterocycles. The average molecular weight is 379 g/mol. The van der Waals surface area contributed by atoms with Crippen molar-refractivity contribution in [3.05, 3.63) is 50.9 Å². The lowest BCUT2D eigenvalue weighted by Crippen LogP contribution is -2.38. The minimum Gasteiger partial charge on any atom is -0.339 e. The summed E-state index contributed by atoms with van der Waals surface area (Å²) in [5, 5.41) is 4.58. The molecule has 1 aliphatic carbocycles. The fourth-order valence-electron chi connectivity index (χ4n) is 3.63. The van der Waals surface area contributed by atoms with Gasteiger partial charge in [-0.15, -0.1) is 0 Å². The van der Waals surface area contributed by atoms with Gasteiger partial charge in [-0.3, -0.25) is 9.36 Å². The zero-order chi connectivity index (χ0) is 18.4. The summed E-state index contributed by atoms with van der Waals surface area (Å²) in [6, 6.07) is 4.11. The number of hydrogen-bond acceptors (Lipinski definition) is 3. The number of nitrogens with zero attached hydrogens (tertiary/aromatic N) is 4. The first-order valence-corrected chi connectivity index (χ1v) is 9.23. The summed E-state index contributed by atoms with van der Waals surface area (Å²) >= 11 is 6.01. The first-order chi connectivity index (χ1) is 12.5. The second kappa shape index (κ2) is 6.54. The van der Waals surface area contributed by atoms with Gasteiger partial charge >= 0.3 is 5.69 Å². The lowest BCUT2D eigenvalue weighted by atomic mass is 9.95. The van der Waals surface area contributed by atoms with Crippen molar-refractivity contribution < 1.29 is 9.18 Å². The van der Waals surface area contributed by atoms with Crippen LogP contribution in [0, 0.1) is 5.82 Å². The van der Waals surface area contributed by atoms with Gasteiger partial charge in [-0.05, 0) is 43.9 Å². The van der Waals surface area contributed by atoms with Gasteiger partial charge in [-0.2, -0.15) is 5.10 Å². The largest absolute Gasteiger partial charge is 0.345 e. The Morgan fingerprint density at radius 1 is 1.23 bits per heavy atom. The number of piperidine rings is 1. The third-order valence-electron chi connectivity index (χ3n) is 5.20. The van der Waals surface area contributed by atoms with E-state index in [2.05, 4.69) is 5.10 Å². The van der Waals surface area contributed by atoms with Crippen LogP contribution in [0.1, 0.15) is 53.8 Å². The highest BCUT2D eigenvalue weighted by atomic mass is 35.5. The summed E-state index contributed by atoms with van der Waals surface area (Å²) in [5.74, 6) is 0.358. The number of rotatable bonds is 3. The quantitative estimate of drug-likeness (QED) is 0.825. The molecule has 2 heterocycles. The molecule has 2 fully saturated rings. The van der Waals surface area contributed by atoms with Gasteiger partial charge in [0.15, 0.2) is 0 Å². The van der Waals surface area contributed by atoms with Crippen molar-refractivity contribution in [3.63, 3.8) is 0 Å². The Morgan fingerprint density at radius 3 is 2.54 bits per heavy atom. The molecule has 1 amide bonds. The minimum atomic E-state index is -0.460. The highest BCUT2D eigenvalue weighted by Gasteiger charge is 2.34. The second-order valence-electron chi connectivity index (χ2n) is 7.06. The predicted octanol–water partition coefficient (Wildman–Crippen LogP) is 2.73. The zero-order valence-electron chi connectivity index (χ0n) is 14.5. The van der Waals surface area contributed by atoms with E-state index in [1.807, 2.05) is 4.57 Å². The maximum Gasteiger partial charge on any atom is 0.345 e. The fraction of sp³-hybridized carbons (Fsp3) is 0.500. The van der Waals surface area contributed by atoms with Crippen LogP contribution in [0.4, 0.5) is 4.39 Å². The molecule has 1 aromatic heterocycles. The van der Waals surface area contributed by atoms with Crippen LogP contribution in [0.3, 0.4) is 0 Å². The molecule has 138 valence electrons. The number of amides is 1. The molecular weight excluding hydrogens is 359 g/mol. The van der Waals surface area contributed by atoms with Crippen LogP contribution in [0.25, 0.3) is 0 Å². The van der Waals surface area contributed by atoms with Crippen LogP contribution in [-0.2, 0) is 7.05 Å². The van der Waals surface area contributed by atoms with E-state index in [-0.39, 0.29) is 28.6 Å². The summed E-state index contributed by atoms with van der Waals surface area (Å²) in [4.78, 5) is 26.7. The smallest absolute Gasteiger partial charge is 0.339 e. The van der Waals surface area contributed by atoms with Crippen LogP contribution in [0.2, 0.25) is 5.02 Å². The van der Waals surface area contributed by atoms with E-state index in [0.717, 1.165) is 37.6 Å². The van der Waals surface area contributed by atoms with Gasteiger partial charge in [0.05, 0.1) is 10.6 Å². The highest BCUT2D eigenvalue weighted by Crippen LogP contribution is 2.37. The molecule has 1 aromatic carbocycles. The Kier molecular flexibility index (Phi) is 4.34. The third kappa shape index (κ3) is 3.05. The molecule has 0 bridgehead atoms. The average Bonchev–Trinajstić information content (AvgIpc) is 3.41. The molecule has 1 saturated heterocycles. The van der Waals surface area contributed by atoms with Gasteiger partial charge in [0.2, 0.25) is 0 Å². The lowest BCUT2D eigenvalue weighted by Gasteiger charge is -2.31. The Labute approximate surface area is 155 Å². The molecule has 1 saturated carbocycles. The van der Waals surface area contributed by atoms with Crippen molar-refractivity contribution in [1.82, 2.24) is 19.2 Å². The van der Waals surface area contributed by atoms with Crippen molar-refractivity contribution in [2.24, 2.45) is 7.05 Å². The number of hydrogen-bond donors (Lipinski definition) is 0. The van der Waals surface area contributed by atoms with Crippen LogP contribution in [0.15, 0.2) is 23.0 Å². The van der Waals surface area contributed by atoms with Gasteiger partial charge in [0, 0.05) is 32.1 Å². The molecule has 2 aliphatic rings. The van der Waals surface area contributed by atoms with E-state index < -0.39 is 5.82 Å². The number of likely N-dealkylation sites (tertiary alicyclic amines) is 1. The first-order valence-electron chi connectivity index (χ1n) is 8.85. The molecule has 0 radical (unpaired) electrons. The lowest BCUT2D eigenvalue weighted by molar-refractivity contribution is 0.0710. The fourth-order valence-corrected chi connectivity index (χ4v) is 3.87. The summed E-state index contributed by atoms with van der Waals surface area (Å²) < 4.78 is 16.4. The SMILES string of the molecule is Cn1nc(C2CCN(C(=O)c3ccc(F)cc3Cl)CC2)n(C2CC2)c1=O. The van der Waals surface area contributed by atoms with Crippen LogP contribution in [0.5, 0.6) is 0 Å². The van der Waals surface area contributed by atoms with E-state index in [9.17, 15) is 14.0 Å². The second-order valence-corrected chi connectivity index (χ2v) is 7.46. The maximum atomic E-state index is 13.2. The Bertz CT molecular complexity index is 910. The summed E-state index contributed by atoms with van der Waals surface area (Å²) in [6.07, 6.45) is 3.54. The van der Waals surface area contributed by atoms with Crippen molar-refractivity contribution in [3.8, 4) is 0 Å². The molecule has 0 spiro atoms. The Morgan fingerprint density at radius 2 is 1.92 bits per heavy atom. The van der Waals surface area contributed by atoms with Crippen molar-refractivity contribution in [2.45, 2.75) is 37.6 Å². The molecule has 0 atom stereocenters. The van der Waals surface area contributed by atoms with Crippen molar-refractivity contribution in [1.29, 1.82) is 0 Å². The third-order valence-corrected chi connectivity index (χ3v) is 5.52. The topological polar surface area (TPSA) is 60.1 Å². The molecule has 2 aromatic rings. The van der Waals surface area contributed by atoms with Crippen molar-refractivity contribution >= 4 is 17.5 Å². The number of carbonyl (C=O) groups is 1. The first kappa shape index (κ1) is 17.3. The van der Waals surface area contributed by atoms with Crippen LogP contribution in [-0.4, -0.2) is 38.2 Å². The predicted molar refractivity (Wildman–Crippen MR) is 95.0 cm³/mol. The summed E-state index contributed by atoms with van der Waals surface area (Å²) in [6.45, 7) is 1.12. The maximum absolute atomic E-state index is 13.2. The number of benzene rings is 1. The Balaban J connectivity index is 1.49. The van der Waals surface area contributed by atoms with Crippen LogP contribution < -0.4 is 5.69 Å². The minimum absolute atomic E-state index is 0.0564. The molecule has 8 heteroatoms. The standard InChI is InChI=1S/C18H20ClFN4O2/c1-22-18(26)24(13-3-4-13)16(21-22)11-6-8-23(9-7-11)17(25)14-5-2-12(20)10-15(14)19/h2,5,10-11,13H,3-4,6-9H2,1H3. The summed E-state index contributed by atoms with van der Waals surface area (Å²) in [7, 11) is 1.68. The molecule has 6 nitrogen and oxygen atoms in total. The van der Waals surface area contributed by atoms with E-state index in [1.54, 1.807) is 11.9 Å². The summed E-state index contributed by atoms with van der Waals surface area (Å²) in [5.41, 5.74) is 0.262. The van der Waals surface area contributed by atoms with E-state index in [0.29, 0.717) is 18.7 Å². The molecular formula is C18H20ClFN4O2. The molecule has 4 rings (SSSR count). The number of aromatic nitrogens is 3. The van der Waals surface area contributed by atoms with Gasteiger partial charge in [-0.1, -0.05) is 11.6 Å². The zero-order valence-corrected chi connectivity index (χ0v) is 15.2. The van der Waals surface area contributed by atoms with Gasteiger partial charge in [-0.25, -0.2) is 13.9 Å².